The lowest BCUT2D eigenvalue weighted by molar-refractivity contribution is 0.0523. The zero-order chi connectivity index (χ0) is 14.0. The summed E-state index contributed by atoms with van der Waals surface area (Å²) in [6.07, 6.45) is 3.20. The molecule has 0 aliphatic carbocycles. The highest BCUT2D eigenvalue weighted by Crippen LogP contribution is 2.07. The first-order valence-corrected chi connectivity index (χ1v) is 7.14. The lowest BCUT2D eigenvalue weighted by atomic mass is 10.2. The quantitative estimate of drug-likeness (QED) is 0.877. The van der Waals surface area contributed by atoms with Gasteiger partial charge in [0.15, 0.2) is 0 Å². The molecule has 0 bridgehead atoms. The molecule has 18 heavy (non-hydrogen) atoms. The Hall–Kier alpha value is -1.57. The average molecular weight is 275 g/mol. The van der Waals surface area contributed by atoms with Gasteiger partial charge in [0.05, 0.1) is 12.5 Å². The maximum absolute atomic E-state index is 11.4. The topological polar surface area (TPSA) is 90.3 Å². The van der Waals surface area contributed by atoms with Crippen LogP contribution in [0.4, 0.5) is 4.79 Å². The average Bonchev–Trinajstić information content (AvgIpc) is 2.59. The Labute approximate surface area is 106 Å². The summed E-state index contributed by atoms with van der Waals surface area (Å²) in [6.45, 7) is 5.43. The van der Waals surface area contributed by atoms with Crippen molar-refractivity contribution < 1.29 is 17.9 Å². The number of ether oxygens (including phenoxy) is 1. The predicted molar refractivity (Wildman–Crippen MR) is 65.5 cm³/mol. The second-order valence-corrected chi connectivity index (χ2v) is 6.68. The number of nitrogens with zero attached hydrogens (tertiary/aromatic N) is 2. The van der Waals surface area contributed by atoms with E-state index in [2.05, 4.69) is 10.4 Å². The molecule has 0 fully saturated rings. The van der Waals surface area contributed by atoms with E-state index < -0.39 is 21.7 Å². The maximum Gasteiger partial charge on any atom is 0.407 e. The van der Waals surface area contributed by atoms with Gasteiger partial charge in [-0.05, 0) is 20.8 Å². The van der Waals surface area contributed by atoms with Crippen molar-refractivity contribution in [3.8, 4) is 0 Å². The lowest BCUT2D eigenvalue weighted by Gasteiger charge is -2.19. The monoisotopic (exact) mass is 275 g/mol. The van der Waals surface area contributed by atoms with Gasteiger partial charge in [0.1, 0.15) is 5.60 Å². The molecule has 102 valence electrons. The van der Waals surface area contributed by atoms with E-state index in [1.54, 1.807) is 20.8 Å². The zero-order valence-electron chi connectivity index (χ0n) is 10.8. The Morgan fingerprint density at radius 2 is 2.11 bits per heavy atom. The third kappa shape index (κ3) is 4.74. The number of hydrogen-bond acceptors (Lipinski definition) is 5. The normalized spacial score (nSPS) is 12.2. The molecule has 7 nitrogen and oxygen atoms in total. The highest BCUT2D eigenvalue weighted by Gasteiger charge is 2.16. The number of hydrogen-bond donors (Lipinski definition) is 1. The maximum atomic E-state index is 11.4. The number of alkyl carbamates (subject to hydrolysis) is 1. The highest BCUT2D eigenvalue weighted by atomic mass is 32.2. The summed E-state index contributed by atoms with van der Waals surface area (Å²) in [7, 11) is -3.39. The van der Waals surface area contributed by atoms with Gasteiger partial charge in [-0.1, -0.05) is 0 Å². The third-order valence-electron chi connectivity index (χ3n) is 1.79. The first-order valence-electron chi connectivity index (χ1n) is 5.29. The third-order valence-corrected chi connectivity index (χ3v) is 2.67. The first kappa shape index (κ1) is 14.5. The molecule has 0 aliphatic rings. The van der Waals surface area contributed by atoms with Crippen molar-refractivity contribution in [2.24, 2.45) is 0 Å². The van der Waals surface area contributed by atoms with Crippen LogP contribution in [0.3, 0.4) is 0 Å². The minimum Gasteiger partial charge on any atom is -0.444 e. The van der Waals surface area contributed by atoms with Crippen LogP contribution in [0.1, 0.15) is 26.3 Å². The molecule has 1 heterocycles. The summed E-state index contributed by atoms with van der Waals surface area (Å²) >= 11 is 0. The highest BCUT2D eigenvalue weighted by molar-refractivity contribution is 7.89. The summed E-state index contributed by atoms with van der Waals surface area (Å²) in [5.74, 6) is 0. The van der Waals surface area contributed by atoms with Gasteiger partial charge < -0.3 is 10.1 Å². The summed E-state index contributed by atoms with van der Waals surface area (Å²) in [5.41, 5.74) is 0.00683. The van der Waals surface area contributed by atoms with Crippen LogP contribution in [0.2, 0.25) is 0 Å². The van der Waals surface area contributed by atoms with E-state index in [1.165, 1.54) is 12.4 Å². The first-order chi connectivity index (χ1) is 8.08. The number of carbonyl (C=O) groups is 1. The molecule has 1 aromatic heterocycles. The van der Waals surface area contributed by atoms with E-state index in [1.807, 2.05) is 0 Å². The largest absolute Gasteiger partial charge is 0.444 e. The second-order valence-electron chi connectivity index (χ2n) is 4.84. The Bertz CT molecular complexity index is 528. The summed E-state index contributed by atoms with van der Waals surface area (Å²) < 4.78 is 28.2. The molecule has 0 saturated heterocycles. The Morgan fingerprint density at radius 1 is 1.50 bits per heavy atom. The number of aromatic nitrogens is 2. The van der Waals surface area contributed by atoms with Crippen molar-refractivity contribution in [3.05, 3.63) is 18.0 Å². The van der Waals surface area contributed by atoms with Gasteiger partial charge in [0, 0.05) is 18.3 Å². The summed E-state index contributed by atoms with van der Waals surface area (Å²) in [6, 6.07) is 0. The minimum atomic E-state index is -3.39. The van der Waals surface area contributed by atoms with Crippen LogP contribution >= 0.6 is 0 Å². The van der Waals surface area contributed by atoms with Gasteiger partial charge in [-0.25, -0.2) is 13.2 Å². The van der Waals surface area contributed by atoms with E-state index >= 15 is 0 Å². The van der Waals surface area contributed by atoms with Crippen LogP contribution in [0.25, 0.3) is 0 Å². The van der Waals surface area contributed by atoms with Crippen molar-refractivity contribution in [2.45, 2.75) is 32.9 Å². The van der Waals surface area contributed by atoms with Gasteiger partial charge in [-0.3, -0.25) is 0 Å². The molecule has 1 aromatic rings. The van der Waals surface area contributed by atoms with E-state index in [-0.39, 0.29) is 6.54 Å². The minimum absolute atomic E-state index is 0.157. The SMILES string of the molecule is CC(C)(C)OC(=O)NCc1cnn(S(C)(=O)=O)c1. The van der Waals surface area contributed by atoms with Crippen molar-refractivity contribution in [3.63, 3.8) is 0 Å². The second kappa shape index (κ2) is 4.97. The molecule has 1 N–H and O–H groups in total. The molecule has 0 spiro atoms. The lowest BCUT2D eigenvalue weighted by Crippen LogP contribution is -2.32. The molecular formula is C10H17N3O4S. The summed E-state index contributed by atoms with van der Waals surface area (Å²) in [5, 5.41) is 6.19. The van der Waals surface area contributed by atoms with Crippen molar-refractivity contribution in [1.29, 1.82) is 0 Å². The van der Waals surface area contributed by atoms with Crippen LogP contribution < -0.4 is 5.32 Å². The van der Waals surface area contributed by atoms with Gasteiger partial charge >= 0.3 is 6.09 Å². The molecular weight excluding hydrogens is 258 g/mol. The molecule has 0 radical (unpaired) electrons. The standard InChI is InChI=1S/C10H17N3O4S/c1-10(2,3)17-9(14)11-5-8-6-12-13(7-8)18(4,15)16/h6-7H,5H2,1-4H3,(H,11,14). The number of carbonyl (C=O) groups excluding carboxylic acids is 1. The zero-order valence-corrected chi connectivity index (χ0v) is 11.6. The van der Waals surface area contributed by atoms with Crippen LogP contribution in [-0.2, 0) is 21.3 Å². The number of nitrogens with one attached hydrogen (secondary N) is 1. The molecule has 0 atom stereocenters. The molecule has 0 aliphatic heterocycles. The van der Waals surface area contributed by atoms with Crippen LogP contribution in [-0.4, -0.2) is 35.6 Å². The van der Waals surface area contributed by atoms with Gasteiger partial charge in [-0.2, -0.15) is 9.19 Å². The van der Waals surface area contributed by atoms with Crippen LogP contribution in [0.5, 0.6) is 0 Å². The fraction of sp³-hybridized carbons (Fsp3) is 0.600. The Morgan fingerprint density at radius 3 is 2.56 bits per heavy atom. The Balaban J connectivity index is 2.55. The van der Waals surface area contributed by atoms with Crippen molar-refractivity contribution >= 4 is 16.1 Å². The molecule has 0 aromatic carbocycles. The van der Waals surface area contributed by atoms with Crippen molar-refractivity contribution in [1.82, 2.24) is 14.5 Å². The van der Waals surface area contributed by atoms with Crippen LogP contribution in [0, 0.1) is 0 Å². The molecule has 0 saturated carbocycles. The van der Waals surface area contributed by atoms with E-state index in [9.17, 15) is 13.2 Å². The van der Waals surface area contributed by atoms with Gasteiger partial charge in [-0.15, -0.1) is 0 Å². The molecule has 0 unspecified atom stereocenters. The fourth-order valence-electron chi connectivity index (χ4n) is 1.10. The van der Waals surface area contributed by atoms with E-state index in [4.69, 9.17) is 4.74 Å². The van der Waals surface area contributed by atoms with Crippen LogP contribution in [0.15, 0.2) is 12.4 Å². The predicted octanol–water partition coefficient (Wildman–Crippen LogP) is 0.715. The summed E-state index contributed by atoms with van der Waals surface area (Å²) in [4.78, 5) is 11.4. The van der Waals surface area contributed by atoms with E-state index in [0.717, 1.165) is 10.3 Å². The number of rotatable bonds is 3. The number of amides is 1. The van der Waals surface area contributed by atoms with Gasteiger partial charge in [0.2, 0.25) is 0 Å². The van der Waals surface area contributed by atoms with Crippen molar-refractivity contribution in [2.75, 3.05) is 6.26 Å². The molecule has 8 heteroatoms. The molecule has 1 rings (SSSR count). The fourth-order valence-corrected chi connectivity index (χ4v) is 1.65. The van der Waals surface area contributed by atoms with Gasteiger partial charge in [0.25, 0.3) is 10.0 Å². The van der Waals surface area contributed by atoms with E-state index in [0.29, 0.717) is 5.56 Å². The smallest absolute Gasteiger partial charge is 0.407 e. The Kier molecular flexibility index (Phi) is 4.00. The molecule has 1 amide bonds.